The van der Waals surface area contributed by atoms with Crippen LogP contribution in [0.2, 0.25) is 0 Å². The Kier molecular flexibility index (Phi) is 6.18. The quantitative estimate of drug-likeness (QED) is 0.243. The molecule has 0 bridgehead atoms. The van der Waals surface area contributed by atoms with Crippen molar-refractivity contribution in [3.8, 4) is 17.3 Å². The second-order valence-electron chi connectivity index (χ2n) is 5.41. The Morgan fingerprint density at radius 3 is 2.57 bits per heavy atom. The molecule has 7 nitrogen and oxygen atoms in total. The molecular formula is C18H11BrN4O3S2. The van der Waals surface area contributed by atoms with Crippen LogP contribution in [0.5, 0.6) is 0 Å². The normalized spacial score (nSPS) is 10.5. The average molecular weight is 475 g/mol. The van der Waals surface area contributed by atoms with Gasteiger partial charge in [0, 0.05) is 21.0 Å². The lowest BCUT2D eigenvalue weighted by Crippen LogP contribution is -2.14. The van der Waals surface area contributed by atoms with Crippen LogP contribution in [0, 0.1) is 21.4 Å². The Balaban J connectivity index is 2.11. The molecule has 1 aromatic heterocycles. The molecule has 0 radical (unpaired) electrons. The highest BCUT2D eigenvalue weighted by Crippen LogP contribution is 2.37. The fourth-order valence-electron chi connectivity index (χ4n) is 2.39. The number of benzene rings is 2. The van der Waals surface area contributed by atoms with Crippen LogP contribution in [0.4, 0.5) is 5.69 Å². The molecule has 0 atom stereocenters. The van der Waals surface area contributed by atoms with Gasteiger partial charge in [-0.15, -0.1) is 0 Å². The molecule has 0 saturated heterocycles. The molecule has 0 aliphatic heterocycles. The maximum Gasteiger partial charge on any atom is 0.283 e. The number of nitrogens with one attached hydrogen (secondary N) is 1. The molecule has 0 fully saturated rings. The van der Waals surface area contributed by atoms with Crippen molar-refractivity contribution in [2.75, 3.05) is 6.26 Å². The van der Waals surface area contributed by atoms with E-state index in [0.717, 1.165) is 9.37 Å². The Labute approximate surface area is 176 Å². The number of nitrogens with zero attached hydrogens (tertiary/aromatic N) is 3. The average Bonchev–Trinajstić information content (AvgIpc) is 2.69. The van der Waals surface area contributed by atoms with Gasteiger partial charge in [-0.2, -0.15) is 5.26 Å². The second kappa shape index (κ2) is 8.60. The van der Waals surface area contributed by atoms with Crippen LogP contribution < -0.4 is 5.56 Å². The zero-order valence-electron chi connectivity index (χ0n) is 14.3. The van der Waals surface area contributed by atoms with E-state index in [-0.39, 0.29) is 16.9 Å². The number of aromatic nitrogens is 2. The summed E-state index contributed by atoms with van der Waals surface area (Å²) in [5.74, 6) is 0. The minimum absolute atomic E-state index is 0.123. The van der Waals surface area contributed by atoms with E-state index in [9.17, 15) is 20.2 Å². The number of nitro groups is 1. The molecular weight excluding hydrogens is 464 g/mol. The van der Waals surface area contributed by atoms with Crippen molar-refractivity contribution in [2.24, 2.45) is 0 Å². The summed E-state index contributed by atoms with van der Waals surface area (Å²) in [6, 6.07) is 13.8. The van der Waals surface area contributed by atoms with E-state index in [1.54, 1.807) is 18.4 Å². The van der Waals surface area contributed by atoms with Gasteiger partial charge in [-0.05, 0) is 36.6 Å². The van der Waals surface area contributed by atoms with Crippen molar-refractivity contribution in [3.63, 3.8) is 0 Å². The van der Waals surface area contributed by atoms with E-state index >= 15 is 0 Å². The van der Waals surface area contributed by atoms with Crippen LogP contribution in [0.15, 0.2) is 66.7 Å². The first-order chi connectivity index (χ1) is 13.4. The molecule has 0 saturated carbocycles. The van der Waals surface area contributed by atoms with E-state index in [1.807, 2.05) is 30.3 Å². The number of thioether (sulfide) groups is 1. The van der Waals surface area contributed by atoms with Crippen molar-refractivity contribution in [1.29, 1.82) is 5.26 Å². The Bertz CT molecular complexity index is 1160. The number of nitriles is 1. The molecule has 3 rings (SSSR count). The Hall–Kier alpha value is -2.61. The van der Waals surface area contributed by atoms with Gasteiger partial charge >= 0.3 is 0 Å². The maximum atomic E-state index is 12.1. The number of hydrogen-bond donors (Lipinski definition) is 1. The fourth-order valence-corrected chi connectivity index (χ4v) is 3.93. The van der Waals surface area contributed by atoms with Crippen molar-refractivity contribution < 1.29 is 4.92 Å². The molecule has 0 aliphatic rings. The van der Waals surface area contributed by atoms with Gasteiger partial charge in [-0.25, -0.2) is 4.98 Å². The topological polar surface area (TPSA) is 113 Å². The minimum atomic E-state index is -0.576. The highest BCUT2D eigenvalue weighted by Gasteiger charge is 2.20. The molecule has 3 aromatic rings. The molecule has 140 valence electrons. The summed E-state index contributed by atoms with van der Waals surface area (Å²) < 4.78 is 0.913. The summed E-state index contributed by atoms with van der Waals surface area (Å²) in [7, 11) is 0. The van der Waals surface area contributed by atoms with E-state index in [2.05, 4.69) is 25.9 Å². The molecule has 1 heterocycles. The lowest BCUT2D eigenvalue weighted by atomic mass is 10.1. The first-order valence-electron chi connectivity index (χ1n) is 7.73. The zero-order valence-corrected chi connectivity index (χ0v) is 17.5. The maximum absolute atomic E-state index is 12.1. The SMILES string of the molecule is CSc1nc(-c2ccc(Sc3ccc(Br)cc3)c([N+](=O)[O-])c2)c(C#N)c(=O)[nH]1. The standard InChI is InChI=1S/C18H11BrN4O3S2/c1-27-18-21-16(13(9-20)17(24)22-18)10-2-7-15(14(8-10)23(25)26)28-12-5-3-11(19)4-6-12/h2-8H,1H3,(H,21,22,24). The highest BCUT2D eigenvalue weighted by molar-refractivity contribution is 9.10. The van der Waals surface area contributed by atoms with Crippen LogP contribution in [0.1, 0.15) is 5.56 Å². The molecule has 28 heavy (non-hydrogen) atoms. The monoisotopic (exact) mass is 474 g/mol. The summed E-state index contributed by atoms with van der Waals surface area (Å²) in [5.41, 5.74) is -0.418. The van der Waals surface area contributed by atoms with E-state index < -0.39 is 10.5 Å². The Morgan fingerprint density at radius 2 is 1.96 bits per heavy atom. The second-order valence-corrected chi connectivity index (χ2v) is 8.23. The van der Waals surface area contributed by atoms with Gasteiger partial charge in [-0.1, -0.05) is 45.5 Å². The fraction of sp³-hybridized carbons (Fsp3) is 0.0556. The first kappa shape index (κ1) is 20.1. The zero-order chi connectivity index (χ0) is 20.3. The molecule has 0 spiro atoms. The van der Waals surface area contributed by atoms with Crippen LogP contribution in [0.25, 0.3) is 11.3 Å². The van der Waals surface area contributed by atoms with E-state index in [0.29, 0.717) is 15.6 Å². The third-order valence-corrected chi connectivity index (χ3v) is 5.86. The number of nitro benzene ring substituents is 1. The molecule has 1 N–H and O–H groups in total. The number of hydrogen-bond acceptors (Lipinski definition) is 7. The predicted molar refractivity (Wildman–Crippen MR) is 112 cm³/mol. The van der Waals surface area contributed by atoms with Gasteiger partial charge in [0.25, 0.3) is 11.2 Å². The van der Waals surface area contributed by atoms with Gasteiger partial charge in [0.1, 0.15) is 11.6 Å². The summed E-state index contributed by atoms with van der Waals surface area (Å²) in [6.07, 6.45) is 1.73. The Morgan fingerprint density at radius 1 is 1.25 bits per heavy atom. The smallest absolute Gasteiger partial charge is 0.283 e. The van der Waals surface area contributed by atoms with Gasteiger partial charge < -0.3 is 4.98 Å². The molecule has 10 heteroatoms. The molecule has 0 unspecified atom stereocenters. The minimum Gasteiger partial charge on any atom is -0.300 e. The van der Waals surface area contributed by atoms with Crippen LogP contribution in [-0.2, 0) is 0 Å². The third kappa shape index (κ3) is 4.27. The van der Waals surface area contributed by atoms with Crippen LogP contribution >= 0.6 is 39.5 Å². The number of halogens is 1. The third-order valence-electron chi connectivity index (χ3n) is 3.67. The summed E-state index contributed by atoms with van der Waals surface area (Å²) in [4.78, 5) is 31.3. The van der Waals surface area contributed by atoms with Crippen molar-refractivity contribution in [1.82, 2.24) is 9.97 Å². The number of rotatable bonds is 5. The number of aromatic amines is 1. The molecule has 0 amide bonds. The summed E-state index contributed by atoms with van der Waals surface area (Å²) in [6.45, 7) is 0. The van der Waals surface area contributed by atoms with E-state index in [1.165, 1.54) is 29.6 Å². The van der Waals surface area contributed by atoms with Crippen molar-refractivity contribution in [3.05, 3.63) is 73.0 Å². The van der Waals surface area contributed by atoms with Crippen LogP contribution in [-0.4, -0.2) is 21.1 Å². The van der Waals surface area contributed by atoms with Crippen molar-refractivity contribution in [2.45, 2.75) is 14.9 Å². The van der Waals surface area contributed by atoms with Gasteiger partial charge in [0.2, 0.25) is 0 Å². The van der Waals surface area contributed by atoms with Gasteiger partial charge in [0.05, 0.1) is 15.5 Å². The van der Waals surface area contributed by atoms with Gasteiger partial charge in [-0.3, -0.25) is 14.9 Å². The molecule has 2 aromatic carbocycles. The summed E-state index contributed by atoms with van der Waals surface area (Å²) >= 11 is 5.82. The lowest BCUT2D eigenvalue weighted by molar-refractivity contribution is -0.387. The van der Waals surface area contributed by atoms with E-state index in [4.69, 9.17) is 0 Å². The molecule has 0 aliphatic carbocycles. The number of H-pyrrole nitrogens is 1. The summed E-state index contributed by atoms with van der Waals surface area (Å²) in [5, 5.41) is 21.3. The first-order valence-corrected chi connectivity index (χ1v) is 10.6. The lowest BCUT2D eigenvalue weighted by Gasteiger charge is -2.08. The van der Waals surface area contributed by atoms with Crippen LogP contribution in [0.3, 0.4) is 0 Å². The predicted octanol–water partition coefficient (Wildman–Crippen LogP) is 4.85. The largest absolute Gasteiger partial charge is 0.300 e. The highest BCUT2D eigenvalue weighted by atomic mass is 79.9. The van der Waals surface area contributed by atoms with Crippen molar-refractivity contribution >= 4 is 45.1 Å². The van der Waals surface area contributed by atoms with Gasteiger partial charge in [0.15, 0.2) is 5.16 Å².